The van der Waals surface area contributed by atoms with Crippen LogP contribution in [0.25, 0.3) is 0 Å². The van der Waals surface area contributed by atoms with Crippen molar-refractivity contribution in [2.45, 2.75) is 19.0 Å². The summed E-state index contributed by atoms with van der Waals surface area (Å²) in [5.41, 5.74) is 7.22. The molecule has 0 bridgehead atoms. The van der Waals surface area contributed by atoms with Gasteiger partial charge in [0.05, 0.1) is 5.92 Å². The van der Waals surface area contributed by atoms with Crippen molar-refractivity contribution in [1.29, 1.82) is 0 Å². The van der Waals surface area contributed by atoms with Crippen LogP contribution in [0.4, 0.5) is 0 Å². The van der Waals surface area contributed by atoms with E-state index < -0.39 is 18.0 Å². The molecule has 1 fully saturated rings. The average molecular weight is 380 g/mol. The number of hydrogen-bond donors (Lipinski definition) is 2. The van der Waals surface area contributed by atoms with E-state index in [9.17, 15) is 9.59 Å². The number of nitrogens with one attached hydrogen (secondary N) is 1. The van der Waals surface area contributed by atoms with Gasteiger partial charge in [-0.3, -0.25) is 9.59 Å². The van der Waals surface area contributed by atoms with Gasteiger partial charge in [-0.15, -0.1) is 23.7 Å². The molecule has 3 atom stereocenters. The highest BCUT2D eigenvalue weighted by molar-refractivity contribution is 7.10. The van der Waals surface area contributed by atoms with Gasteiger partial charge >= 0.3 is 0 Å². The Bertz CT molecular complexity index is 708. The minimum absolute atomic E-state index is 0. The molecule has 1 aromatic carbocycles. The molecule has 0 aliphatic carbocycles. The van der Waals surface area contributed by atoms with Gasteiger partial charge in [0, 0.05) is 24.0 Å². The molecule has 1 aromatic heterocycles. The van der Waals surface area contributed by atoms with Crippen LogP contribution in [0.15, 0.2) is 47.8 Å². The quantitative estimate of drug-likeness (QED) is 0.857. The number of thiophene rings is 1. The van der Waals surface area contributed by atoms with Crippen LogP contribution in [-0.2, 0) is 9.59 Å². The Balaban J connectivity index is 0.00000225. The predicted molar refractivity (Wildman–Crippen MR) is 102 cm³/mol. The molecule has 2 amide bonds. The first-order valence-electron chi connectivity index (χ1n) is 8.01. The summed E-state index contributed by atoms with van der Waals surface area (Å²) in [7, 11) is 0. The Kier molecular flexibility index (Phi) is 6.58. The Morgan fingerprint density at radius 1 is 1.28 bits per heavy atom. The smallest absolute Gasteiger partial charge is 0.248 e. The van der Waals surface area contributed by atoms with Gasteiger partial charge in [-0.05, 0) is 17.0 Å². The molecular weight excluding hydrogens is 358 g/mol. The Labute approximate surface area is 157 Å². The molecular formula is C18H22ClN3O2S. The maximum absolute atomic E-state index is 13.0. The van der Waals surface area contributed by atoms with Crippen molar-refractivity contribution in [2.24, 2.45) is 11.7 Å². The van der Waals surface area contributed by atoms with E-state index in [-0.39, 0.29) is 24.2 Å². The van der Waals surface area contributed by atoms with Crippen molar-refractivity contribution in [1.82, 2.24) is 10.2 Å². The summed E-state index contributed by atoms with van der Waals surface area (Å²) < 4.78 is 0. The second-order valence-electron chi connectivity index (χ2n) is 5.97. The first-order chi connectivity index (χ1) is 11.6. The number of carbonyl (C=O) groups is 2. The Morgan fingerprint density at radius 3 is 2.64 bits per heavy atom. The maximum Gasteiger partial charge on any atom is 0.248 e. The molecule has 7 heteroatoms. The molecule has 0 spiro atoms. The number of piperazine rings is 1. The first kappa shape index (κ1) is 19.4. The number of carbonyl (C=O) groups excluding carboxylic acids is 2. The zero-order valence-corrected chi connectivity index (χ0v) is 15.6. The fourth-order valence-electron chi connectivity index (χ4n) is 3.01. The lowest BCUT2D eigenvalue weighted by molar-refractivity contribution is -0.146. The zero-order valence-electron chi connectivity index (χ0n) is 13.9. The van der Waals surface area contributed by atoms with Crippen LogP contribution in [0.5, 0.6) is 0 Å². The van der Waals surface area contributed by atoms with Crippen molar-refractivity contribution in [2.75, 3.05) is 13.1 Å². The lowest BCUT2D eigenvalue weighted by atomic mass is 9.93. The molecule has 3 N–H and O–H groups in total. The van der Waals surface area contributed by atoms with E-state index in [1.54, 1.807) is 4.90 Å². The van der Waals surface area contributed by atoms with Crippen molar-refractivity contribution >= 4 is 35.6 Å². The van der Waals surface area contributed by atoms with Crippen LogP contribution in [0.2, 0.25) is 0 Å². The lowest BCUT2D eigenvalue weighted by Gasteiger charge is -2.37. The highest BCUT2D eigenvalue weighted by Crippen LogP contribution is 2.30. The third-order valence-electron chi connectivity index (χ3n) is 4.42. The van der Waals surface area contributed by atoms with E-state index in [1.165, 1.54) is 11.3 Å². The third kappa shape index (κ3) is 4.03. The van der Waals surface area contributed by atoms with Gasteiger partial charge in [-0.25, -0.2) is 0 Å². The molecule has 2 heterocycles. The van der Waals surface area contributed by atoms with Crippen molar-refractivity contribution in [3.05, 3.63) is 58.3 Å². The molecule has 134 valence electrons. The van der Waals surface area contributed by atoms with E-state index in [1.807, 2.05) is 54.8 Å². The van der Waals surface area contributed by atoms with Crippen molar-refractivity contribution in [3.8, 4) is 0 Å². The Morgan fingerprint density at radius 2 is 2.00 bits per heavy atom. The van der Waals surface area contributed by atoms with Gasteiger partial charge in [0.15, 0.2) is 0 Å². The highest BCUT2D eigenvalue weighted by Gasteiger charge is 2.38. The van der Waals surface area contributed by atoms with Gasteiger partial charge < -0.3 is 16.0 Å². The summed E-state index contributed by atoms with van der Waals surface area (Å²) >= 11 is 1.48. The fourth-order valence-corrected chi connectivity index (χ4v) is 3.85. The summed E-state index contributed by atoms with van der Waals surface area (Å²) in [6, 6.07) is 12.4. The zero-order chi connectivity index (χ0) is 17.1. The van der Waals surface area contributed by atoms with E-state index in [0.717, 1.165) is 10.4 Å². The highest BCUT2D eigenvalue weighted by atomic mass is 35.5. The van der Waals surface area contributed by atoms with Crippen LogP contribution in [0.3, 0.4) is 0 Å². The van der Waals surface area contributed by atoms with Crippen LogP contribution in [0.1, 0.15) is 29.4 Å². The average Bonchev–Trinajstić information content (AvgIpc) is 3.14. The predicted octanol–water partition coefficient (Wildman–Crippen LogP) is 2.51. The monoisotopic (exact) mass is 379 g/mol. The second-order valence-corrected chi connectivity index (χ2v) is 6.95. The third-order valence-corrected chi connectivity index (χ3v) is 5.35. The molecule has 3 unspecified atom stereocenters. The molecule has 1 saturated heterocycles. The van der Waals surface area contributed by atoms with Crippen LogP contribution in [-0.4, -0.2) is 29.8 Å². The number of hydrogen-bond acceptors (Lipinski definition) is 4. The van der Waals surface area contributed by atoms with E-state index >= 15 is 0 Å². The summed E-state index contributed by atoms with van der Waals surface area (Å²) in [5, 5.41) is 4.76. The number of nitrogens with zero attached hydrogens (tertiary/aromatic N) is 1. The van der Waals surface area contributed by atoms with Gasteiger partial charge in [0.25, 0.3) is 0 Å². The molecule has 3 rings (SSSR count). The SMILES string of the molecule is CC(C(=O)N1CCNC(=O)C1c1cccs1)C(N)c1ccccc1.Cl. The van der Waals surface area contributed by atoms with Crippen LogP contribution in [0, 0.1) is 5.92 Å². The minimum Gasteiger partial charge on any atom is -0.352 e. The molecule has 5 nitrogen and oxygen atoms in total. The van der Waals surface area contributed by atoms with E-state index in [2.05, 4.69) is 5.32 Å². The summed E-state index contributed by atoms with van der Waals surface area (Å²) in [4.78, 5) is 27.9. The first-order valence-corrected chi connectivity index (χ1v) is 8.89. The number of nitrogens with two attached hydrogens (primary N) is 1. The molecule has 0 radical (unpaired) electrons. The van der Waals surface area contributed by atoms with Crippen LogP contribution >= 0.6 is 23.7 Å². The van der Waals surface area contributed by atoms with Crippen LogP contribution < -0.4 is 11.1 Å². The largest absolute Gasteiger partial charge is 0.352 e. The van der Waals surface area contributed by atoms with E-state index in [0.29, 0.717) is 13.1 Å². The molecule has 2 aromatic rings. The van der Waals surface area contributed by atoms with Gasteiger partial charge in [-0.2, -0.15) is 0 Å². The summed E-state index contributed by atoms with van der Waals surface area (Å²) in [5.74, 6) is -0.613. The van der Waals surface area contributed by atoms with E-state index in [4.69, 9.17) is 5.73 Å². The van der Waals surface area contributed by atoms with Crippen molar-refractivity contribution < 1.29 is 9.59 Å². The Hall–Kier alpha value is -1.89. The maximum atomic E-state index is 13.0. The second kappa shape index (κ2) is 8.47. The normalized spacial score (nSPS) is 19.5. The fraction of sp³-hybridized carbons (Fsp3) is 0.333. The number of rotatable bonds is 4. The number of halogens is 1. The standard InChI is InChI=1S/C18H21N3O2S.ClH/c1-12(15(19)13-6-3-2-4-7-13)18(23)21-10-9-20-17(22)16(21)14-8-5-11-24-14;/h2-8,11-12,15-16H,9-10,19H2,1H3,(H,20,22);1H. The van der Waals surface area contributed by atoms with Gasteiger partial charge in [-0.1, -0.05) is 43.3 Å². The van der Waals surface area contributed by atoms with Crippen molar-refractivity contribution in [3.63, 3.8) is 0 Å². The number of benzene rings is 1. The number of amides is 2. The molecule has 25 heavy (non-hydrogen) atoms. The topological polar surface area (TPSA) is 75.4 Å². The molecule has 1 aliphatic rings. The summed E-state index contributed by atoms with van der Waals surface area (Å²) in [6.45, 7) is 2.80. The molecule has 0 saturated carbocycles. The van der Waals surface area contributed by atoms with Gasteiger partial charge in [0.1, 0.15) is 6.04 Å². The minimum atomic E-state index is -0.559. The summed E-state index contributed by atoms with van der Waals surface area (Å²) in [6.07, 6.45) is 0. The lowest BCUT2D eigenvalue weighted by Crippen LogP contribution is -2.54. The van der Waals surface area contributed by atoms with Gasteiger partial charge in [0.2, 0.25) is 11.8 Å². The molecule has 1 aliphatic heterocycles.